The molecule has 56 valence electrons. The first kappa shape index (κ1) is 54.5. The van der Waals surface area contributed by atoms with Gasteiger partial charge in [0.2, 0.25) is 0 Å². The van der Waals surface area contributed by atoms with Crippen LogP contribution in [0.3, 0.4) is 0 Å². The standard InChI is InChI=1S/C2H4O2.H3N.3H2O/c1-2(3)4;;;;/h1H3,(H,3,4);1H3;3*1H2. The van der Waals surface area contributed by atoms with Gasteiger partial charge in [-0.15, -0.1) is 0 Å². The molecule has 0 radical (unpaired) electrons. The fraction of sp³-hybridized carbons (Fsp3) is 0.500. The molecule has 8 heavy (non-hydrogen) atoms. The van der Waals surface area contributed by atoms with Crippen molar-refractivity contribution < 1.29 is 26.3 Å². The van der Waals surface area contributed by atoms with Crippen molar-refractivity contribution >= 4 is 5.97 Å². The lowest BCUT2D eigenvalue weighted by Gasteiger charge is -1.77. The number of hydrogen-bond acceptors (Lipinski definition) is 2. The van der Waals surface area contributed by atoms with E-state index in [2.05, 4.69) is 0 Å². The first-order valence-electron chi connectivity index (χ1n) is 0.908. The highest BCUT2D eigenvalue weighted by molar-refractivity contribution is 5.60. The molecule has 0 aliphatic rings. The molecule has 0 amide bonds. The van der Waals surface area contributed by atoms with E-state index in [-0.39, 0.29) is 22.6 Å². The number of carbonyl (C=O) groups excluding carboxylic acids is 1. The van der Waals surface area contributed by atoms with E-state index in [1.54, 1.807) is 0 Å². The smallest absolute Gasteiger partial charge is 0.0383 e. The van der Waals surface area contributed by atoms with Crippen LogP contribution in [0, 0.1) is 0 Å². The van der Waals surface area contributed by atoms with Crippen LogP contribution < -0.4 is 11.3 Å². The summed E-state index contributed by atoms with van der Waals surface area (Å²) >= 11 is 0. The van der Waals surface area contributed by atoms with E-state index in [1.807, 2.05) is 0 Å². The number of hydrogen-bond donors (Lipinski definition) is 1. The van der Waals surface area contributed by atoms with Crippen molar-refractivity contribution in [2.24, 2.45) is 0 Å². The van der Waals surface area contributed by atoms with Crippen LogP contribution in [0.1, 0.15) is 6.92 Å². The SMILES string of the molecule is CC(=O)[O-].O.O.O.[NH4+]. The molecule has 0 aromatic rings. The third kappa shape index (κ3) is 207. The molecule has 0 bridgehead atoms. The summed E-state index contributed by atoms with van der Waals surface area (Å²) in [6.45, 7) is 0.972. The highest BCUT2D eigenvalue weighted by atomic mass is 16.4. The van der Waals surface area contributed by atoms with Gasteiger partial charge in [-0.25, -0.2) is 0 Å². The van der Waals surface area contributed by atoms with Gasteiger partial charge in [-0.2, -0.15) is 0 Å². The van der Waals surface area contributed by atoms with Crippen LogP contribution in [0.5, 0.6) is 0 Å². The van der Waals surface area contributed by atoms with E-state index in [4.69, 9.17) is 9.90 Å². The summed E-state index contributed by atoms with van der Waals surface area (Å²) in [7, 11) is 0. The lowest BCUT2D eigenvalue weighted by Crippen LogP contribution is -2.16. The summed E-state index contributed by atoms with van der Waals surface area (Å²) in [4.78, 5) is 8.89. The largest absolute Gasteiger partial charge is 0.550 e. The predicted molar refractivity (Wildman–Crippen MR) is 27.5 cm³/mol. The van der Waals surface area contributed by atoms with Gasteiger partial charge in [-0.3, -0.25) is 0 Å². The van der Waals surface area contributed by atoms with Crippen molar-refractivity contribution in [3.63, 3.8) is 0 Å². The molecule has 6 heteroatoms. The highest BCUT2D eigenvalue weighted by Gasteiger charge is 1.46. The van der Waals surface area contributed by atoms with Crippen LogP contribution in [-0.4, -0.2) is 22.4 Å². The molecule has 0 saturated heterocycles. The molecule has 0 aliphatic heterocycles. The lowest BCUT2D eigenvalue weighted by molar-refractivity contribution is -0.302. The predicted octanol–water partition coefficient (Wildman–Crippen LogP) is -3.34. The Labute approximate surface area is 46.6 Å². The molecule has 0 spiro atoms. The van der Waals surface area contributed by atoms with Crippen molar-refractivity contribution in [2.45, 2.75) is 6.92 Å². The molecule has 10 N–H and O–H groups in total. The molecule has 0 aromatic heterocycles. The zero-order chi connectivity index (χ0) is 3.58. The third-order valence-corrected chi connectivity index (χ3v) is 0. The average Bonchev–Trinajstić information content (AvgIpc) is 0.811. The van der Waals surface area contributed by atoms with Crippen LogP contribution in [0.4, 0.5) is 0 Å². The first-order valence-corrected chi connectivity index (χ1v) is 0.908. The van der Waals surface area contributed by atoms with Gasteiger partial charge in [0.25, 0.3) is 0 Å². The minimum Gasteiger partial charge on any atom is -0.550 e. The maximum atomic E-state index is 8.89. The lowest BCUT2D eigenvalue weighted by atomic mass is 10.9. The fourth-order valence-electron chi connectivity index (χ4n) is 0. The summed E-state index contributed by atoms with van der Waals surface area (Å²) < 4.78 is 0. The second-order valence-electron chi connectivity index (χ2n) is 0.492. The Bertz CT molecular complexity index is 33.4. The van der Waals surface area contributed by atoms with E-state index in [0.29, 0.717) is 0 Å². The summed E-state index contributed by atoms with van der Waals surface area (Å²) in [5, 5.41) is 8.89. The number of rotatable bonds is 0. The maximum absolute atomic E-state index is 8.89. The molecular weight excluding hydrogens is 118 g/mol. The van der Waals surface area contributed by atoms with E-state index in [0.717, 1.165) is 6.92 Å². The van der Waals surface area contributed by atoms with Crippen molar-refractivity contribution in [3.05, 3.63) is 0 Å². The summed E-state index contributed by atoms with van der Waals surface area (Å²) in [6.07, 6.45) is 0. The Hall–Kier alpha value is -0.690. The summed E-state index contributed by atoms with van der Waals surface area (Å²) in [5.74, 6) is -1.08. The first-order chi connectivity index (χ1) is 1.73. The molecule has 0 atom stereocenters. The molecule has 0 unspecified atom stereocenters. The molecule has 0 rings (SSSR count). The minimum absolute atomic E-state index is 0. The monoisotopic (exact) mass is 131 g/mol. The normalized spacial score (nSPS) is 3.12. The van der Waals surface area contributed by atoms with Gasteiger partial charge >= 0.3 is 0 Å². The quantitative estimate of drug-likeness (QED) is 0.362. The number of aliphatic carboxylic acids is 1. The third-order valence-electron chi connectivity index (χ3n) is 0. The van der Waals surface area contributed by atoms with Gasteiger partial charge in [-0.05, 0) is 6.92 Å². The van der Waals surface area contributed by atoms with Crippen LogP contribution in [0.2, 0.25) is 0 Å². The molecule has 0 heterocycles. The molecule has 6 nitrogen and oxygen atoms in total. The van der Waals surface area contributed by atoms with E-state index >= 15 is 0 Å². The average molecular weight is 131 g/mol. The number of carboxylic acids is 1. The Morgan fingerprint density at radius 1 is 1.25 bits per heavy atom. The van der Waals surface area contributed by atoms with Gasteiger partial charge in [-0.1, -0.05) is 0 Å². The van der Waals surface area contributed by atoms with Gasteiger partial charge in [0.1, 0.15) is 0 Å². The zero-order valence-corrected chi connectivity index (χ0v) is 4.82. The maximum Gasteiger partial charge on any atom is 0.0383 e. The molecule has 0 fully saturated rings. The molecular formula is C2H13NO5. The molecule has 0 aromatic carbocycles. The van der Waals surface area contributed by atoms with Gasteiger partial charge in [0.05, 0.1) is 0 Å². The topological polar surface area (TPSA) is 171 Å². The summed E-state index contributed by atoms with van der Waals surface area (Å²) in [6, 6.07) is 0. The zero-order valence-electron chi connectivity index (χ0n) is 4.82. The van der Waals surface area contributed by atoms with Crippen molar-refractivity contribution in [1.82, 2.24) is 6.15 Å². The van der Waals surface area contributed by atoms with Crippen molar-refractivity contribution in [2.75, 3.05) is 0 Å². The van der Waals surface area contributed by atoms with Gasteiger partial charge in [0.15, 0.2) is 0 Å². The Kier molecular flexibility index (Phi) is 227. The van der Waals surface area contributed by atoms with Gasteiger partial charge in [0, 0.05) is 5.97 Å². The molecule has 0 aliphatic carbocycles. The minimum atomic E-state index is -1.08. The van der Waals surface area contributed by atoms with Crippen LogP contribution >= 0.6 is 0 Å². The van der Waals surface area contributed by atoms with Crippen LogP contribution in [0.25, 0.3) is 0 Å². The van der Waals surface area contributed by atoms with Crippen LogP contribution in [-0.2, 0) is 4.79 Å². The number of carbonyl (C=O) groups is 1. The summed E-state index contributed by atoms with van der Waals surface area (Å²) in [5.41, 5.74) is 0. The van der Waals surface area contributed by atoms with Crippen molar-refractivity contribution in [1.29, 1.82) is 0 Å². The van der Waals surface area contributed by atoms with E-state index in [9.17, 15) is 0 Å². The second kappa shape index (κ2) is 33.3. The Balaban J connectivity index is -0.00000000750. The number of carboxylic acid groups (broad SMARTS) is 1. The van der Waals surface area contributed by atoms with E-state index in [1.165, 1.54) is 0 Å². The number of quaternary nitrogens is 1. The second-order valence-corrected chi connectivity index (χ2v) is 0.492. The molecule has 0 saturated carbocycles. The Morgan fingerprint density at radius 3 is 1.25 bits per heavy atom. The van der Waals surface area contributed by atoms with Gasteiger partial charge < -0.3 is 32.5 Å². The van der Waals surface area contributed by atoms with E-state index < -0.39 is 5.97 Å². The Morgan fingerprint density at radius 2 is 1.25 bits per heavy atom. The van der Waals surface area contributed by atoms with Crippen molar-refractivity contribution in [3.8, 4) is 0 Å². The van der Waals surface area contributed by atoms with Crippen LogP contribution in [0.15, 0.2) is 0 Å². The highest BCUT2D eigenvalue weighted by Crippen LogP contribution is 1.31. The fourth-order valence-corrected chi connectivity index (χ4v) is 0.